The maximum Gasteiger partial charge on any atom is 0.107 e. The molecule has 3 rings (SSSR count). The number of benzene rings is 1. The van der Waals surface area contributed by atoms with E-state index in [0.29, 0.717) is 6.04 Å². The molecular formula is C17H23N3S. The highest BCUT2D eigenvalue weighted by atomic mass is 32.1. The van der Waals surface area contributed by atoms with Crippen molar-refractivity contribution in [2.24, 2.45) is 0 Å². The first-order valence-electron chi connectivity index (χ1n) is 7.66. The number of thiazole rings is 1. The molecule has 0 fully saturated rings. The summed E-state index contributed by atoms with van der Waals surface area (Å²) in [5.41, 5.74) is 4.19. The van der Waals surface area contributed by atoms with Crippen LogP contribution in [-0.2, 0) is 26.1 Å². The predicted molar refractivity (Wildman–Crippen MR) is 88.3 cm³/mol. The molecule has 112 valence electrons. The second kappa shape index (κ2) is 6.69. The van der Waals surface area contributed by atoms with Crippen molar-refractivity contribution in [1.29, 1.82) is 0 Å². The Morgan fingerprint density at radius 1 is 1.29 bits per heavy atom. The van der Waals surface area contributed by atoms with Gasteiger partial charge in [-0.2, -0.15) is 0 Å². The standard InChI is InChI=1S/C17H23N3S/c1-13(2)18-9-17-19-16(12-21-17)11-20-8-7-14-5-3-4-6-15(14)10-20/h3-6,12-13,18H,7-11H2,1-2H3. The summed E-state index contributed by atoms with van der Waals surface area (Å²) in [5.74, 6) is 0. The Kier molecular flexibility index (Phi) is 4.68. The minimum atomic E-state index is 0.510. The molecule has 0 saturated carbocycles. The first-order valence-corrected chi connectivity index (χ1v) is 8.54. The Morgan fingerprint density at radius 2 is 2.10 bits per heavy atom. The Morgan fingerprint density at radius 3 is 2.90 bits per heavy atom. The van der Waals surface area contributed by atoms with Gasteiger partial charge >= 0.3 is 0 Å². The van der Waals surface area contributed by atoms with Gasteiger partial charge in [0.2, 0.25) is 0 Å². The third-order valence-electron chi connectivity index (χ3n) is 3.86. The van der Waals surface area contributed by atoms with Crippen molar-refractivity contribution in [1.82, 2.24) is 15.2 Å². The third-order valence-corrected chi connectivity index (χ3v) is 4.75. The lowest BCUT2D eigenvalue weighted by Crippen LogP contribution is -2.30. The summed E-state index contributed by atoms with van der Waals surface area (Å²) < 4.78 is 0. The van der Waals surface area contributed by atoms with Crippen LogP contribution in [0, 0.1) is 0 Å². The van der Waals surface area contributed by atoms with E-state index in [2.05, 4.69) is 53.7 Å². The van der Waals surface area contributed by atoms with Crippen LogP contribution in [-0.4, -0.2) is 22.5 Å². The van der Waals surface area contributed by atoms with Gasteiger partial charge in [0.25, 0.3) is 0 Å². The molecule has 2 aromatic rings. The Balaban J connectivity index is 1.58. The molecular weight excluding hydrogens is 278 g/mol. The average Bonchev–Trinajstić information content (AvgIpc) is 2.92. The predicted octanol–water partition coefficient (Wildman–Crippen LogP) is 3.20. The van der Waals surface area contributed by atoms with E-state index in [4.69, 9.17) is 4.98 Å². The Labute approximate surface area is 131 Å². The molecule has 1 aromatic carbocycles. The number of aromatic nitrogens is 1. The fraction of sp³-hybridized carbons (Fsp3) is 0.471. The zero-order valence-electron chi connectivity index (χ0n) is 12.8. The van der Waals surface area contributed by atoms with E-state index in [0.717, 1.165) is 32.6 Å². The monoisotopic (exact) mass is 301 g/mol. The van der Waals surface area contributed by atoms with E-state index >= 15 is 0 Å². The zero-order chi connectivity index (χ0) is 14.7. The van der Waals surface area contributed by atoms with Gasteiger partial charge in [0.15, 0.2) is 0 Å². The number of rotatable bonds is 5. The van der Waals surface area contributed by atoms with Crippen LogP contribution < -0.4 is 5.32 Å². The summed E-state index contributed by atoms with van der Waals surface area (Å²) in [6, 6.07) is 9.30. The number of nitrogens with zero attached hydrogens (tertiary/aromatic N) is 2. The van der Waals surface area contributed by atoms with Crippen molar-refractivity contribution in [3.63, 3.8) is 0 Å². The van der Waals surface area contributed by atoms with E-state index in [1.807, 2.05) is 0 Å². The maximum absolute atomic E-state index is 4.75. The van der Waals surface area contributed by atoms with Gasteiger partial charge in [-0.15, -0.1) is 11.3 Å². The van der Waals surface area contributed by atoms with Crippen LogP contribution in [0.5, 0.6) is 0 Å². The fourth-order valence-electron chi connectivity index (χ4n) is 2.71. The van der Waals surface area contributed by atoms with E-state index in [9.17, 15) is 0 Å². The summed E-state index contributed by atoms with van der Waals surface area (Å²) in [7, 11) is 0. The Bertz CT molecular complexity index is 591. The molecule has 3 nitrogen and oxygen atoms in total. The van der Waals surface area contributed by atoms with Crippen LogP contribution in [0.1, 0.15) is 35.7 Å². The molecule has 1 N–H and O–H groups in total. The van der Waals surface area contributed by atoms with E-state index < -0.39 is 0 Å². The highest BCUT2D eigenvalue weighted by molar-refractivity contribution is 7.09. The van der Waals surface area contributed by atoms with Gasteiger partial charge in [0, 0.05) is 37.6 Å². The summed E-state index contributed by atoms with van der Waals surface area (Å²) in [6.07, 6.45) is 1.15. The van der Waals surface area contributed by atoms with Crippen molar-refractivity contribution < 1.29 is 0 Å². The van der Waals surface area contributed by atoms with Gasteiger partial charge in [-0.3, -0.25) is 4.90 Å². The molecule has 0 spiro atoms. The summed E-state index contributed by atoms with van der Waals surface area (Å²) in [4.78, 5) is 7.24. The molecule has 0 saturated heterocycles. The van der Waals surface area contributed by atoms with Crippen molar-refractivity contribution >= 4 is 11.3 Å². The maximum atomic E-state index is 4.75. The molecule has 0 bridgehead atoms. The summed E-state index contributed by atoms with van der Waals surface area (Å²) in [6.45, 7) is 8.36. The molecule has 21 heavy (non-hydrogen) atoms. The largest absolute Gasteiger partial charge is 0.308 e. The number of hydrogen-bond acceptors (Lipinski definition) is 4. The van der Waals surface area contributed by atoms with Gasteiger partial charge in [-0.25, -0.2) is 4.98 Å². The lowest BCUT2D eigenvalue weighted by atomic mass is 10.00. The van der Waals surface area contributed by atoms with E-state index in [1.165, 1.54) is 21.8 Å². The van der Waals surface area contributed by atoms with Crippen LogP contribution in [0.3, 0.4) is 0 Å². The second-order valence-electron chi connectivity index (χ2n) is 6.00. The summed E-state index contributed by atoms with van der Waals surface area (Å²) >= 11 is 1.77. The van der Waals surface area contributed by atoms with Gasteiger partial charge in [0.05, 0.1) is 5.69 Å². The minimum absolute atomic E-state index is 0.510. The third kappa shape index (κ3) is 3.90. The van der Waals surface area contributed by atoms with Crippen LogP contribution in [0.2, 0.25) is 0 Å². The molecule has 0 amide bonds. The minimum Gasteiger partial charge on any atom is -0.308 e. The topological polar surface area (TPSA) is 28.2 Å². The molecule has 1 aliphatic heterocycles. The van der Waals surface area contributed by atoms with Crippen molar-refractivity contribution in [2.75, 3.05) is 6.54 Å². The van der Waals surface area contributed by atoms with Gasteiger partial charge in [-0.1, -0.05) is 38.1 Å². The zero-order valence-corrected chi connectivity index (χ0v) is 13.6. The smallest absolute Gasteiger partial charge is 0.107 e. The van der Waals surface area contributed by atoms with Crippen molar-refractivity contribution in [3.05, 3.63) is 51.5 Å². The normalized spacial score (nSPS) is 15.4. The summed E-state index contributed by atoms with van der Waals surface area (Å²) in [5, 5.41) is 6.82. The van der Waals surface area contributed by atoms with E-state index in [-0.39, 0.29) is 0 Å². The molecule has 1 aliphatic rings. The quantitative estimate of drug-likeness (QED) is 0.919. The average molecular weight is 301 g/mol. The molecule has 2 heterocycles. The lowest BCUT2D eigenvalue weighted by molar-refractivity contribution is 0.243. The first kappa shape index (κ1) is 14.7. The fourth-order valence-corrected chi connectivity index (χ4v) is 3.45. The molecule has 0 radical (unpaired) electrons. The highest BCUT2D eigenvalue weighted by Crippen LogP contribution is 2.20. The molecule has 4 heteroatoms. The first-order chi connectivity index (χ1) is 10.2. The van der Waals surface area contributed by atoms with Crippen LogP contribution in [0.4, 0.5) is 0 Å². The van der Waals surface area contributed by atoms with Crippen molar-refractivity contribution in [3.8, 4) is 0 Å². The molecule has 0 atom stereocenters. The number of fused-ring (bicyclic) bond motifs is 1. The van der Waals surface area contributed by atoms with Gasteiger partial charge < -0.3 is 5.32 Å². The molecule has 0 unspecified atom stereocenters. The lowest BCUT2D eigenvalue weighted by Gasteiger charge is -2.27. The number of hydrogen-bond donors (Lipinski definition) is 1. The Hall–Kier alpha value is -1.23. The molecule has 0 aliphatic carbocycles. The molecule has 1 aromatic heterocycles. The highest BCUT2D eigenvalue weighted by Gasteiger charge is 2.16. The van der Waals surface area contributed by atoms with Crippen LogP contribution in [0.15, 0.2) is 29.6 Å². The van der Waals surface area contributed by atoms with Crippen molar-refractivity contribution in [2.45, 2.75) is 45.9 Å². The number of nitrogens with one attached hydrogen (secondary N) is 1. The van der Waals surface area contributed by atoms with Crippen LogP contribution >= 0.6 is 11.3 Å². The SMILES string of the molecule is CC(C)NCc1nc(CN2CCc3ccccc3C2)cs1. The van der Waals surface area contributed by atoms with Crippen LogP contribution in [0.25, 0.3) is 0 Å². The van der Waals surface area contributed by atoms with Gasteiger partial charge in [0.1, 0.15) is 5.01 Å². The van der Waals surface area contributed by atoms with Gasteiger partial charge in [-0.05, 0) is 17.5 Å². The van der Waals surface area contributed by atoms with E-state index in [1.54, 1.807) is 11.3 Å². The second-order valence-corrected chi connectivity index (χ2v) is 6.94.